The normalized spacial score (nSPS) is 19.3. The number of hydrogen-bond acceptors (Lipinski definition) is 10. The Morgan fingerprint density at radius 3 is 2.51 bits per heavy atom. The molecule has 4 rings (SSSR count). The van der Waals surface area contributed by atoms with Crippen molar-refractivity contribution in [2.24, 2.45) is 0 Å². The molecule has 1 aromatic carbocycles. The fourth-order valence-corrected chi connectivity index (χ4v) is 4.92. The zero-order chi connectivity index (χ0) is 26.5. The van der Waals surface area contributed by atoms with Crippen LogP contribution in [-0.2, 0) is 19.1 Å². The van der Waals surface area contributed by atoms with Gasteiger partial charge in [-0.2, -0.15) is 0 Å². The van der Waals surface area contributed by atoms with Gasteiger partial charge in [-0.25, -0.2) is 14.6 Å². The highest BCUT2D eigenvalue weighted by Gasteiger charge is 2.39. The SMILES string of the molecule is COC(=O)C1=C(C)NC(C)=C(C(=O)OC(CN2CCCCC2)c2ncco2)C1c1cccc([N+](=O)[O-])c1. The first kappa shape index (κ1) is 26.1. The van der Waals surface area contributed by atoms with Crippen molar-refractivity contribution in [3.63, 3.8) is 0 Å². The minimum atomic E-state index is -0.943. The first-order chi connectivity index (χ1) is 17.8. The van der Waals surface area contributed by atoms with E-state index < -0.39 is 28.9 Å². The van der Waals surface area contributed by atoms with Gasteiger partial charge >= 0.3 is 11.9 Å². The number of carbonyl (C=O) groups excluding carboxylic acids is 2. The van der Waals surface area contributed by atoms with Crippen LogP contribution >= 0.6 is 0 Å². The van der Waals surface area contributed by atoms with Crippen molar-refractivity contribution in [2.75, 3.05) is 26.7 Å². The molecule has 2 atom stereocenters. The molecule has 196 valence electrons. The smallest absolute Gasteiger partial charge is 0.337 e. The fraction of sp³-hybridized carbons (Fsp3) is 0.423. The molecule has 2 unspecified atom stereocenters. The molecule has 2 aliphatic rings. The predicted octanol–water partition coefficient (Wildman–Crippen LogP) is 3.76. The monoisotopic (exact) mass is 510 g/mol. The molecule has 0 spiro atoms. The number of non-ortho nitro benzene ring substituents is 1. The van der Waals surface area contributed by atoms with Crippen molar-refractivity contribution in [3.05, 3.63) is 80.8 Å². The molecule has 1 aromatic heterocycles. The lowest BCUT2D eigenvalue weighted by Gasteiger charge is -2.32. The number of nitro groups is 1. The zero-order valence-electron chi connectivity index (χ0n) is 21.1. The summed E-state index contributed by atoms with van der Waals surface area (Å²) in [5.41, 5.74) is 1.51. The number of methoxy groups -OCH3 is 1. The summed E-state index contributed by atoms with van der Waals surface area (Å²) in [5, 5.41) is 14.6. The van der Waals surface area contributed by atoms with Crippen LogP contribution in [0.2, 0.25) is 0 Å². The zero-order valence-corrected chi connectivity index (χ0v) is 21.1. The summed E-state index contributed by atoms with van der Waals surface area (Å²) < 4.78 is 16.5. The average Bonchev–Trinajstić information content (AvgIpc) is 3.43. The summed E-state index contributed by atoms with van der Waals surface area (Å²) in [7, 11) is 1.24. The Bertz CT molecular complexity index is 1230. The van der Waals surface area contributed by atoms with Gasteiger partial charge in [0.05, 0.1) is 35.3 Å². The summed E-state index contributed by atoms with van der Waals surface area (Å²) in [6.07, 6.45) is 5.41. The molecule has 1 fully saturated rings. The van der Waals surface area contributed by atoms with Crippen LogP contribution in [0.5, 0.6) is 0 Å². The number of dihydropyridines is 1. The van der Waals surface area contributed by atoms with Gasteiger partial charge in [-0.3, -0.25) is 15.0 Å². The van der Waals surface area contributed by atoms with Gasteiger partial charge in [-0.15, -0.1) is 0 Å². The lowest BCUT2D eigenvalue weighted by atomic mass is 9.80. The standard InChI is InChI=1S/C26H30N4O7/c1-16-21(25(31)35-3)23(18-8-7-9-19(14-18)30(33)34)22(17(2)28-16)26(32)37-20(24-27-10-13-36-24)15-29-11-5-4-6-12-29/h7-10,13-14,20,23,28H,4-6,11-12,15H2,1-3H3. The lowest BCUT2D eigenvalue weighted by Crippen LogP contribution is -2.36. The number of oxazole rings is 1. The Hall–Kier alpha value is -3.99. The Balaban J connectivity index is 1.72. The molecular formula is C26H30N4O7. The second-order valence-corrected chi connectivity index (χ2v) is 9.10. The van der Waals surface area contributed by atoms with Gasteiger partial charge in [0.2, 0.25) is 5.89 Å². The van der Waals surface area contributed by atoms with Gasteiger partial charge in [0.15, 0.2) is 6.10 Å². The Morgan fingerprint density at radius 2 is 1.89 bits per heavy atom. The molecule has 1 saturated heterocycles. The number of benzene rings is 1. The van der Waals surface area contributed by atoms with Crippen LogP contribution in [0.4, 0.5) is 5.69 Å². The number of aromatic nitrogens is 1. The molecule has 0 saturated carbocycles. The van der Waals surface area contributed by atoms with Crippen molar-refractivity contribution in [3.8, 4) is 0 Å². The van der Waals surface area contributed by atoms with Gasteiger partial charge in [-0.1, -0.05) is 18.6 Å². The third-order valence-corrected chi connectivity index (χ3v) is 6.65. The molecular weight excluding hydrogens is 480 g/mol. The van der Waals surface area contributed by atoms with E-state index in [0.29, 0.717) is 23.5 Å². The predicted molar refractivity (Wildman–Crippen MR) is 132 cm³/mol. The third kappa shape index (κ3) is 5.72. The molecule has 1 N–H and O–H groups in total. The van der Waals surface area contributed by atoms with Crippen LogP contribution < -0.4 is 5.32 Å². The first-order valence-corrected chi connectivity index (χ1v) is 12.1. The molecule has 0 radical (unpaired) electrons. The van der Waals surface area contributed by atoms with Crippen molar-refractivity contribution < 1.29 is 28.4 Å². The summed E-state index contributed by atoms with van der Waals surface area (Å²) in [6.45, 7) is 5.55. The van der Waals surface area contributed by atoms with E-state index in [2.05, 4.69) is 15.2 Å². The van der Waals surface area contributed by atoms with Crippen molar-refractivity contribution in [1.82, 2.24) is 15.2 Å². The van der Waals surface area contributed by atoms with E-state index in [4.69, 9.17) is 13.9 Å². The molecule has 0 aliphatic carbocycles. The van der Waals surface area contributed by atoms with Gasteiger partial charge in [0.25, 0.3) is 5.69 Å². The van der Waals surface area contributed by atoms with E-state index >= 15 is 0 Å². The van der Waals surface area contributed by atoms with Gasteiger partial charge < -0.3 is 19.2 Å². The van der Waals surface area contributed by atoms with Gasteiger partial charge in [-0.05, 0) is 45.3 Å². The number of likely N-dealkylation sites (tertiary alicyclic amines) is 1. The summed E-state index contributed by atoms with van der Waals surface area (Å²) in [5.74, 6) is -2.01. The highest BCUT2D eigenvalue weighted by molar-refractivity contribution is 6.00. The second-order valence-electron chi connectivity index (χ2n) is 9.10. The minimum Gasteiger partial charge on any atom is -0.466 e. The number of piperidine rings is 1. The highest BCUT2D eigenvalue weighted by atomic mass is 16.6. The first-order valence-electron chi connectivity index (χ1n) is 12.1. The minimum absolute atomic E-state index is 0.154. The Labute approximate surface area is 214 Å². The molecule has 11 nitrogen and oxygen atoms in total. The van der Waals surface area contributed by atoms with E-state index in [1.54, 1.807) is 19.9 Å². The number of nitrogens with one attached hydrogen (secondary N) is 1. The summed E-state index contributed by atoms with van der Waals surface area (Å²) in [4.78, 5) is 44.0. The second kappa shape index (κ2) is 11.4. The number of ether oxygens (including phenoxy) is 2. The number of esters is 2. The number of hydrogen-bond donors (Lipinski definition) is 1. The lowest BCUT2D eigenvalue weighted by molar-refractivity contribution is -0.384. The molecule has 37 heavy (non-hydrogen) atoms. The number of nitrogens with zero attached hydrogens (tertiary/aromatic N) is 3. The average molecular weight is 511 g/mol. The molecule has 2 aromatic rings. The van der Waals surface area contributed by atoms with Crippen LogP contribution in [0, 0.1) is 10.1 Å². The molecule has 3 heterocycles. The van der Waals surface area contributed by atoms with Crippen LogP contribution in [0.15, 0.2) is 63.7 Å². The number of rotatable bonds is 8. The number of allylic oxidation sites excluding steroid dienone is 2. The number of nitro benzene ring substituents is 1. The summed E-state index contributed by atoms with van der Waals surface area (Å²) in [6, 6.07) is 5.86. The highest BCUT2D eigenvalue weighted by Crippen LogP contribution is 2.40. The van der Waals surface area contributed by atoms with E-state index in [9.17, 15) is 19.7 Å². The van der Waals surface area contributed by atoms with Crippen LogP contribution in [0.3, 0.4) is 0 Å². The van der Waals surface area contributed by atoms with Crippen LogP contribution in [-0.4, -0.2) is 53.5 Å². The van der Waals surface area contributed by atoms with Crippen molar-refractivity contribution >= 4 is 17.6 Å². The molecule has 0 amide bonds. The summed E-state index contributed by atoms with van der Waals surface area (Å²) >= 11 is 0. The van der Waals surface area contributed by atoms with E-state index in [1.165, 1.54) is 37.8 Å². The van der Waals surface area contributed by atoms with Gasteiger partial charge in [0.1, 0.15) is 6.26 Å². The van der Waals surface area contributed by atoms with Crippen LogP contribution in [0.25, 0.3) is 0 Å². The molecule has 2 aliphatic heterocycles. The van der Waals surface area contributed by atoms with Crippen molar-refractivity contribution in [1.29, 1.82) is 0 Å². The van der Waals surface area contributed by atoms with Gasteiger partial charge in [0, 0.05) is 30.1 Å². The Kier molecular flexibility index (Phi) is 8.02. The maximum Gasteiger partial charge on any atom is 0.337 e. The topological polar surface area (TPSA) is 137 Å². The quantitative estimate of drug-likeness (QED) is 0.317. The van der Waals surface area contributed by atoms with E-state index in [0.717, 1.165) is 32.4 Å². The number of carbonyl (C=O) groups is 2. The van der Waals surface area contributed by atoms with Crippen molar-refractivity contribution in [2.45, 2.75) is 45.1 Å². The maximum atomic E-state index is 13.8. The maximum absolute atomic E-state index is 13.8. The van der Waals surface area contributed by atoms with E-state index in [-0.39, 0.29) is 22.7 Å². The molecule has 11 heteroatoms. The Morgan fingerprint density at radius 1 is 1.19 bits per heavy atom. The largest absolute Gasteiger partial charge is 0.466 e. The van der Waals surface area contributed by atoms with Crippen LogP contribution in [0.1, 0.15) is 56.6 Å². The molecule has 0 bridgehead atoms. The third-order valence-electron chi connectivity index (χ3n) is 6.65. The van der Waals surface area contributed by atoms with E-state index in [1.807, 2.05) is 0 Å². The fourth-order valence-electron chi connectivity index (χ4n) is 4.92.